The number of amides is 1. The van der Waals surface area contributed by atoms with Crippen LogP contribution in [0.3, 0.4) is 0 Å². The molecule has 0 heterocycles. The summed E-state index contributed by atoms with van der Waals surface area (Å²) in [6.07, 6.45) is 2.22. The standard InChI is InChI=1S/C13H23NO4/c1-5-6-7-13(4,18-12(14)16)8-9-17-11(15)10(2)3/h2,5-9H2,1,3-4H3,(H2,14,16). The van der Waals surface area contributed by atoms with E-state index in [0.29, 0.717) is 18.4 Å². The molecule has 0 aliphatic carbocycles. The number of hydrogen-bond donors (Lipinski definition) is 1. The summed E-state index contributed by atoms with van der Waals surface area (Å²) in [5.41, 5.74) is 4.71. The molecule has 1 amide bonds. The van der Waals surface area contributed by atoms with E-state index in [1.165, 1.54) is 0 Å². The summed E-state index contributed by atoms with van der Waals surface area (Å²) >= 11 is 0. The van der Waals surface area contributed by atoms with Crippen molar-refractivity contribution in [2.45, 2.75) is 52.1 Å². The number of carbonyl (C=O) groups is 2. The third kappa shape index (κ3) is 6.93. The zero-order valence-electron chi connectivity index (χ0n) is 11.5. The smallest absolute Gasteiger partial charge is 0.405 e. The normalized spacial score (nSPS) is 13.5. The Kier molecular flexibility index (Phi) is 7.08. The summed E-state index contributed by atoms with van der Waals surface area (Å²) in [5.74, 6) is -0.438. The highest BCUT2D eigenvalue weighted by molar-refractivity contribution is 5.86. The van der Waals surface area contributed by atoms with Gasteiger partial charge in [0.25, 0.3) is 0 Å². The first-order valence-corrected chi connectivity index (χ1v) is 6.12. The molecule has 0 fully saturated rings. The van der Waals surface area contributed by atoms with E-state index in [1.807, 2.05) is 6.92 Å². The van der Waals surface area contributed by atoms with Crippen LogP contribution in [0, 0.1) is 0 Å². The number of primary amides is 1. The first-order chi connectivity index (χ1) is 8.30. The molecule has 0 saturated carbocycles. The molecule has 0 aromatic rings. The van der Waals surface area contributed by atoms with Crippen molar-refractivity contribution in [2.75, 3.05) is 6.61 Å². The summed E-state index contributed by atoms with van der Waals surface area (Å²) in [6.45, 7) is 9.09. The second-order valence-electron chi connectivity index (χ2n) is 4.64. The lowest BCUT2D eigenvalue weighted by molar-refractivity contribution is -0.140. The molecule has 104 valence electrons. The summed E-state index contributed by atoms with van der Waals surface area (Å²) < 4.78 is 10.1. The second-order valence-corrected chi connectivity index (χ2v) is 4.64. The highest BCUT2D eigenvalue weighted by Crippen LogP contribution is 2.23. The Labute approximate surface area is 108 Å². The fraction of sp³-hybridized carbons (Fsp3) is 0.692. The molecule has 2 N–H and O–H groups in total. The van der Waals surface area contributed by atoms with Crippen LogP contribution in [0.4, 0.5) is 4.79 Å². The zero-order valence-corrected chi connectivity index (χ0v) is 11.5. The summed E-state index contributed by atoms with van der Waals surface area (Å²) in [7, 11) is 0. The molecule has 0 rings (SSSR count). The molecule has 0 spiro atoms. The van der Waals surface area contributed by atoms with Gasteiger partial charge in [-0.25, -0.2) is 9.59 Å². The van der Waals surface area contributed by atoms with Gasteiger partial charge in [-0.2, -0.15) is 0 Å². The van der Waals surface area contributed by atoms with Gasteiger partial charge in [0, 0.05) is 12.0 Å². The van der Waals surface area contributed by atoms with Gasteiger partial charge in [-0.05, 0) is 26.7 Å². The van der Waals surface area contributed by atoms with Crippen LogP contribution in [-0.4, -0.2) is 24.3 Å². The van der Waals surface area contributed by atoms with Gasteiger partial charge in [-0.1, -0.05) is 19.9 Å². The summed E-state index contributed by atoms with van der Waals surface area (Å²) in [6, 6.07) is 0. The van der Waals surface area contributed by atoms with Gasteiger partial charge in [-0.3, -0.25) is 0 Å². The molecule has 0 aliphatic rings. The fourth-order valence-corrected chi connectivity index (χ4v) is 1.50. The molecule has 0 aliphatic heterocycles. The maximum atomic E-state index is 11.2. The highest BCUT2D eigenvalue weighted by Gasteiger charge is 2.27. The second kappa shape index (κ2) is 7.74. The van der Waals surface area contributed by atoms with Crippen molar-refractivity contribution in [1.82, 2.24) is 0 Å². The van der Waals surface area contributed by atoms with E-state index >= 15 is 0 Å². The van der Waals surface area contributed by atoms with E-state index in [2.05, 4.69) is 6.58 Å². The number of unbranched alkanes of at least 4 members (excludes halogenated alkanes) is 1. The van der Waals surface area contributed by atoms with Crippen LogP contribution in [0.25, 0.3) is 0 Å². The molecule has 0 aromatic heterocycles. The minimum absolute atomic E-state index is 0.180. The average Bonchev–Trinajstić information content (AvgIpc) is 2.25. The van der Waals surface area contributed by atoms with Crippen LogP contribution in [-0.2, 0) is 14.3 Å². The largest absolute Gasteiger partial charge is 0.462 e. The van der Waals surface area contributed by atoms with Gasteiger partial charge in [-0.15, -0.1) is 0 Å². The Morgan fingerprint density at radius 1 is 1.33 bits per heavy atom. The molecule has 0 bridgehead atoms. The van der Waals surface area contributed by atoms with Crippen LogP contribution < -0.4 is 5.73 Å². The number of hydrogen-bond acceptors (Lipinski definition) is 4. The minimum atomic E-state index is -0.806. The predicted octanol–water partition coefficient (Wildman–Crippen LogP) is 2.54. The van der Waals surface area contributed by atoms with Crippen molar-refractivity contribution in [3.05, 3.63) is 12.2 Å². The maximum Gasteiger partial charge on any atom is 0.405 e. The van der Waals surface area contributed by atoms with E-state index < -0.39 is 17.7 Å². The number of ether oxygens (including phenoxy) is 2. The zero-order chi connectivity index (χ0) is 14.2. The number of esters is 1. The van der Waals surface area contributed by atoms with Gasteiger partial charge in [0.1, 0.15) is 5.60 Å². The van der Waals surface area contributed by atoms with Crippen molar-refractivity contribution in [1.29, 1.82) is 0 Å². The van der Waals surface area contributed by atoms with Crippen LogP contribution in [0.2, 0.25) is 0 Å². The van der Waals surface area contributed by atoms with E-state index in [9.17, 15) is 9.59 Å². The number of nitrogens with two attached hydrogens (primary N) is 1. The van der Waals surface area contributed by atoms with Crippen LogP contribution in [0.1, 0.15) is 46.5 Å². The lowest BCUT2D eigenvalue weighted by Gasteiger charge is -2.28. The van der Waals surface area contributed by atoms with Crippen molar-refractivity contribution in [3.8, 4) is 0 Å². The van der Waals surface area contributed by atoms with Gasteiger partial charge in [0.15, 0.2) is 0 Å². The molecule has 5 heteroatoms. The van der Waals surface area contributed by atoms with Crippen molar-refractivity contribution < 1.29 is 19.1 Å². The lowest BCUT2D eigenvalue weighted by atomic mass is 9.95. The first-order valence-electron chi connectivity index (χ1n) is 6.12. The molecule has 18 heavy (non-hydrogen) atoms. The number of rotatable bonds is 8. The Morgan fingerprint density at radius 2 is 1.94 bits per heavy atom. The van der Waals surface area contributed by atoms with Gasteiger partial charge < -0.3 is 15.2 Å². The molecular formula is C13H23NO4. The SMILES string of the molecule is C=C(C)C(=O)OCCC(C)(CCCC)OC(N)=O. The summed E-state index contributed by atoms with van der Waals surface area (Å²) in [4.78, 5) is 22.1. The Balaban J connectivity index is 4.27. The minimum Gasteiger partial charge on any atom is -0.462 e. The molecule has 5 nitrogen and oxygen atoms in total. The molecular weight excluding hydrogens is 234 g/mol. The van der Waals surface area contributed by atoms with Gasteiger partial charge >= 0.3 is 12.1 Å². The molecule has 0 saturated heterocycles. The van der Waals surface area contributed by atoms with E-state index in [1.54, 1.807) is 13.8 Å². The topological polar surface area (TPSA) is 78.6 Å². The Hall–Kier alpha value is -1.52. The Morgan fingerprint density at radius 3 is 2.39 bits per heavy atom. The first kappa shape index (κ1) is 16.5. The quantitative estimate of drug-likeness (QED) is 0.535. The van der Waals surface area contributed by atoms with Gasteiger partial charge in [0.05, 0.1) is 6.61 Å². The molecule has 1 atom stereocenters. The average molecular weight is 257 g/mol. The highest BCUT2D eigenvalue weighted by atomic mass is 16.6. The summed E-state index contributed by atoms with van der Waals surface area (Å²) in [5, 5.41) is 0. The van der Waals surface area contributed by atoms with Crippen molar-refractivity contribution in [3.63, 3.8) is 0 Å². The third-order valence-electron chi connectivity index (χ3n) is 2.62. The maximum absolute atomic E-state index is 11.2. The molecule has 0 radical (unpaired) electrons. The fourth-order valence-electron chi connectivity index (χ4n) is 1.50. The predicted molar refractivity (Wildman–Crippen MR) is 69.0 cm³/mol. The van der Waals surface area contributed by atoms with E-state index in [0.717, 1.165) is 12.8 Å². The Bertz CT molecular complexity index is 314. The monoisotopic (exact) mass is 257 g/mol. The van der Waals surface area contributed by atoms with Crippen LogP contribution in [0.15, 0.2) is 12.2 Å². The number of carbonyl (C=O) groups excluding carboxylic acids is 2. The van der Waals surface area contributed by atoms with Crippen LogP contribution >= 0.6 is 0 Å². The van der Waals surface area contributed by atoms with Gasteiger partial charge in [0.2, 0.25) is 0 Å². The van der Waals surface area contributed by atoms with Crippen molar-refractivity contribution in [2.24, 2.45) is 5.73 Å². The molecule has 1 unspecified atom stereocenters. The van der Waals surface area contributed by atoms with Crippen LogP contribution in [0.5, 0.6) is 0 Å². The lowest BCUT2D eigenvalue weighted by Crippen LogP contribution is -2.35. The third-order valence-corrected chi connectivity index (χ3v) is 2.62. The van der Waals surface area contributed by atoms with E-state index in [-0.39, 0.29) is 6.61 Å². The molecule has 0 aromatic carbocycles. The van der Waals surface area contributed by atoms with E-state index in [4.69, 9.17) is 15.2 Å². The van der Waals surface area contributed by atoms with Crippen molar-refractivity contribution >= 4 is 12.1 Å².